The summed E-state index contributed by atoms with van der Waals surface area (Å²) in [6, 6.07) is 13.2. The lowest BCUT2D eigenvalue weighted by molar-refractivity contribution is -0.114. The van der Waals surface area contributed by atoms with Crippen LogP contribution in [-0.4, -0.2) is 24.2 Å². The molecule has 2 heterocycles. The first-order valence-electron chi connectivity index (χ1n) is 9.91. The topological polar surface area (TPSA) is 72.1 Å². The quantitative estimate of drug-likeness (QED) is 0.281. The van der Waals surface area contributed by atoms with Crippen LogP contribution in [0.1, 0.15) is 30.0 Å². The molecule has 2 aromatic carbocycles. The summed E-state index contributed by atoms with van der Waals surface area (Å²) < 4.78 is 10.9. The zero-order valence-corrected chi connectivity index (χ0v) is 19.8. The fourth-order valence-corrected chi connectivity index (χ4v) is 4.00. The third kappa shape index (κ3) is 4.83. The second-order valence-electron chi connectivity index (χ2n) is 7.11. The molecule has 6 nitrogen and oxygen atoms in total. The highest BCUT2D eigenvalue weighted by Gasteiger charge is 2.29. The predicted molar refractivity (Wildman–Crippen MR) is 130 cm³/mol. The summed E-state index contributed by atoms with van der Waals surface area (Å²) >= 11 is 18.3. The molecular weight excluding hydrogens is 487 g/mol. The van der Waals surface area contributed by atoms with E-state index in [1.807, 2.05) is 0 Å². The van der Waals surface area contributed by atoms with Crippen LogP contribution in [0.15, 0.2) is 63.6 Å². The fourth-order valence-electron chi connectivity index (χ4n) is 3.29. The number of hydrogen-bond acceptors (Lipinski definition) is 5. The van der Waals surface area contributed by atoms with Crippen LogP contribution in [0.4, 0.5) is 5.69 Å². The molecule has 1 aliphatic rings. The maximum Gasteiger partial charge on any atom is 0.339 e. The average molecular weight is 504 g/mol. The van der Waals surface area contributed by atoms with Gasteiger partial charge in [0, 0.05) is 15.6 Å². The zero-order chi connectivity index (χ0) is 23.7. The Morgan fingerprint density at radius 1 is 1.09 bits per heavy atom. The Bertz CT molecular complexity index is 1310. The fraction of sp³-hybridized carbons (Fsp3) is 0.125. The molecule has 0 radical (unpaired) electrons. The molecule has 0 fully saturated rings. The molecule has 0 bridgehead atoms. The molecule has 0 saturated heterocycles. The van der Waals surface area contributed by atoms with Gasteiger partial charge in [0.25, 0.3) is 5.91 Å². The van der Waals surface area contributed by atoms with Gasteiger partial charge in [0.15, 0.2) is 0 Å². The summed E-state index contributed by atoms with van der Waals surface area (Å²) in [5.41, 5.74) is 2.25. The van der Waals surface area contributed by atoms with E-state index in [2.05, 4.69) is 5.10 Å². The van der Waals surface area contributed by atoms with Crippen LogP contribution in [0, 0.1) is 0 Å². The first-order chi connectivity index (χ1) is 15.8. The standard InChI is InChI=1S/C24H17Cl3N2O4/c1-3-32-24(31)20-8-14(4-6-21(20)27)22-7-5-18(33-22)12-19-13(2)28-29(23(19)30)17-10-15(25)9-16(26)11-17/h4-12H,3H2,1-2H3/b19-12+. The first kappa shape index (κ1) is 23.1. The van der Waals surface area contributed by atoms with Crippen LogP contribution in [0.2, 0.25) is 15.1 Å². The van der Waals surface area contributed by atoms with Gasteiger partial charge in [0.2, 0.25) is 0 Å². The van der Waals surface area contributed by atoms with Crippen molar-refractivity contribution in [1.82, 2.24) is 0 Å². The van der Waals surface area contributed by atoms with Crippen molar-refractivity contribution in [2.24, 2.45) is 5.10 Å². The second kappa shape index (κ2) is 9.43. The lowest BCUT2D eigenvalue weighted by Crippen LogP contribution is -2.21. The van der Waals surface area contributed by atoms with E-state index >= 15 is 0 Å². The Labute approximate surface area is 205 Å². The van der Waals surface area contributed by atoms with Crippen molar-refractivity contribution < 1.29 is 18.7 Å². The molecule has 1 aliphatic heterocycles. The van der Waals surface area contributed by atoms with Gasteiger partial charge in [-0.05, 0) is 68.5 Å². The molecule has 33 heavy (non-hydrogen) atoms. The molecule has 0 saturated carbocycles. The highest BCUT2D eigenvalue weighted by molar-refractivity contribution is 6.36. The Hall–Kier alpha value is -3.06. The molecule has 1 aromatic heterocycles. The highest BCUT2D eigenvalue weighted by atomic mass is 35.5. The zero-order valence-electron chi connectivity index (χ0n) is 17.6. The third-order valence-corrected chi connectivity index (χ3v) is 5.58. The summed E-state index contributed by atoms with van der Waals surface area (Å²) in [4.78, 5) is 25.1. The Kier molecular flexibility index (Phi) is 6.61. The van der Waals surface area contributed by atoms with Crippen molar-refractivity contribution in [2.45, 2.75) is 13.8 Å². The molecule has 168 valence electrons. The van der Waals surface area contributed by atoms with Gasteiger partial charge in [0.1, 0.15) is 11.5 Å². The van der Waals surface area contributed by atoms with E-state index in [4.69, 9.17) is 44.0 Å². The third-order valence-electron chi connectivity index (χ3n) is 4.81. The van der Waals surface area contributed by atoms with Crippen molar-refractivity contribution in [3.8, 4) is 11.3 Å². The van der Waals surface area contributed by atoms with Crippen molar-refractivity contribution in [3.63, 3.8) is 0 Å². The number of carbonyl (C=O) groups is 2. The van der Waals surface area contributed by atoms with E-state index in [-0.39, 0.29) is 23.1 Å². The van der Waals surface area contributed by atoms with Crippen LogP contribution in [0.5, 0.6) is 0 Å². The number of nitrogens with zero attached hydrogens (tertiary/aromatic N) is 2. The van der Waals surface area contributed by atoms with Gasteiger partial charge in [-0.2, -0.15) is 10.1 Å². The van der Waals surface area contributed by atoms with Crippen LogP contribution < -0.4 is 5.01 Å². The number of ether oxygens (including phenoxy) is 1. The van der Waals surface area contributed by atoms with Gasteiger partial charge in [-0.3, -0.25) is 4.79 Å². The van der Waals surface area contributed by atoms with Crippen LogP contribution in [-0.2, 0) is 9.53 Å². The van der Waals surface area contributed by atoms with Crippen molar-refractivity contribution >= 4 is 64.2 Å². The maximum atomic E-state index is 13.0. The van der Waals surface area contributed by atoms with E-state index in [1.165, 1.54) is 5.01 Å². The molecule has 3 aromatic rings. The SMILES string of the molecule is CCOC(=O)c1cc(-c2ccc(/C=C3/C(=O)N(c4cc(Cl)cc(Cl)c4)N=C3C)o2)ccc1Cl. The van der Waals surface area contributed by atoms with Crippen LogP contribution in [0.25, 0.3) is 17.4 Å². The highest BCUT2D eigenvalue weighted by Crippen LogP contribution is 2.32. The molecule has 0 aliphatic carbocycles. The van der Waals surface area contributed by atoms with E-state index in [0.29, 0.717) is 44.1 Å². The number of carbonyl (C=O) groups excluding carboxylic acids is 2. The summed E-state index contributed by atoms with van der Waals surface area (Å²) in [6.07, 6.45) is 1.61. The number of rotatable bonds is 5. The first-order valence-corrected chi connectivity index (χ1v) is 11.0. The van der Waals surface area contributed by atoms with Gasteiger partial charge in [0.05, 0.1) is 34.2 Å². The number of benzene rings is 2. The van der Waals surface area contributed by atoms with Gasteiger partial charge in [-0.15, -0.1) is 0 Å². The smallest absolute Gasteiger partial charge is 0.339 e. The van der Waals surface area contributed by atoms with Gasteiger partial charge in [-0.25, -0.2) is 4.79 Å². The largest absolute Gasteiger partial charge is 0.462 e. The Morgan fingerprint density at radius 3 is 2.52 bits per heavy atom. The molecule has 0 spiro atoms. The van der Waals surface area contributed by atoms with E-state index in [9.17, 15) is 9.59 Å². The number of esters is 1. The average Bonchev–Trinajstić information content (AvgIpc) is 3.34. The Morgan fingerprint density at radius 2 is 1.82 bits per heavy atom. The van der Waals surface area contributed by atoms with Crippen molar-refractivity contribution in [3.05, 3.63) is 80.5 Å². The van der Waals surface area contributed by atoms with Gasteiger partial charge in [-0.1, -0.05) is 34.8 Å². The molecule has 0 atom stereocenters. The van der Waals surface area contributed by atoms with Gasteiger partial charge < -0.3 is 9.15 Å². The van der Waals surface area contributed by atoms with Crippen LogP contribution in [0.3, 0.4) is 0 Å². The number of hydrogen-bond donors (Lipinski definition) is 0. The lowest BCUT2D eigenvalue weighted by Gasteiger charge is -2.12. The van der Waals surface area contributed by atoms with E-state index < -0.39 is 5.97 Å². The molecule has 1 amide bonds. The van der Waals surface area contributed by atoms with Crippen molar-refractivity contribution in [1.29, 1.82) is 0 Å². The molecule has 9 heteroatoms. The summed E-state index contributed by atoms with van der Waals surface area (Å²) in [6.45, 7) is 3.69. The number of furan rings is 1. The molecule has 0 unspecified atom stereocenters. The number of amides is 1. The number of hydrazone groups is 1. The normalized spacial score (nSPS) is 14.7. The van der Waals surface area contributed by atoms with E-state index in [1.54, 1.807) is 68.5 Å². The van der Waals surface area contributed by atoms with Gasteiger partial charge >= 0.3 is 5.97 Å². The minimum absolute atomic E-state index is 0.241. The number of halogens is 3. The second-order valence-corrected chi connectivity index (χ2v) is 8.39. The minimum Gasteiger partial charge on any atom is -0.462 e. The van der Waals surface area contributed by atoms with Crippen molar-refractivity contribution in [2.75, 3.05) is 11.6 Å². The maximum absolute atomic E-state index is 13.0. The summed E-state index contributed by atoms with van der Waals surface area (Å²) in [5, 5.41) is 6.66. The molecule has 4 rings (SSSR count). The number of anilines is 1. The summed E-state index contributed by atoms with van der Waals surface area (Å²) in [7, 11) is 0. The summed E-state index contributed by atoms with van der Waals surface area (Å²) in [5.74, 6) is 0.104. The predicted octanol–water partition coefficient (Wildman–Crippen LogP) is 6.89. The monoisotopic (exact) mass is 502 g/mol. The van der Waals surface area contributed by atoms with E-state index in [0.717, 1.165) is 0 Å². The lowest BCUT2D eigenvalue weighted by atomic mass is 10.1. The van der Waals surface area contributed by atoms with Crippen LogP contribution >= 0.6 is 34.8 Å². The molecular formula is C24H17Cl3N2O4. The molecule has 0 N–H and O–H groups in total. The minimum atomic E-state index is -0.511. The Balaban J connectivity index is 1.62.